The molecule has 0 aliphatic heterocycles. The molecule has 0 amide bonds. The average molecular weight is 146 g/mol. The van der Waals surface area contributed by atoms with E-state index in [0.29, 0.717) is 19.1 Å². The molecule has 60 valence electrons. The van der Waals surface area contributed by atoms with Gasteiger partial charge in [-0.1, -0.05) is 0 Å². The molecule has 0 fully saturated rings. The Bertz CT molecular complexity index is 97.7. The van der Waals surface area contributed by atoms with Crippen LogP contribution < -0.4 is 11.5 Å². The number of carbonyl (C=O) groups is 1. The summed E-state index contributed by atoms with van der Waals surface area (Å²) in [7, 11) is 0. The number of aliphatic hydroxyl groups is 1. The summed E-state index contributed by atoms with van der Waals surface area (Å²) in [5.74, 6) is 0. The van der Waals surface area contributed by atoms with Gasteiger partial charge >= 0.3 is 0 Å². The van der Waals surface area contributed by atoms with E-state index < -0.39 is 12.1 Å². The van der Waals surface area contributed by atoms with E-state index in [0.717, 1.165) is 0 Å². The Labute approximate surface area is 60.2 Å². The summed E-state index contributed by atoms with van der Waals surface area (Å²) in [6, 6.07) is -0.457. The van der Waals surface area contributed by atoms with Gasteiger partial charge < -0.3 is 21.4 Å². The third-order valence-corrected chi connectivity index (χ3v) is 1.28. The minimum atomic E-state index is -0.522. The Kier molecular flexibility index (Phi) is 5.10. The number of hydrogen-bond acceptors (Lipinski definition) is 4. The molecule has 5 N–H and O–H groups in total. The Morgan fingerprint density at radius 1 is 1.50 bits per heavy atom. The van der Waals surface area contributed by atoms with Gasteiger partial charge in [0.1, 0.15) is 6.29 Å². The van der Waals surface area contributed by atoms with Gasteiger partial charge in [0.05, 0.1) is 12.1 Å². The molecule has 2 atom stereocenters. The number of rotatable bonds is 5. The third-order valence-electron chi connectivity index (χ3n) is 1.28. The van der Waals surface area contributed by atoms with Crippen molar-refractivity contribution in [1.29, 1.82) is 0 Å². The SMILES string of the molecule is NC[C@@H](O)CC[C@@H](N)C=O. The van der Waals surface area contributed by atoms with Crippen molar-refractivity contribution in [3.8, 4) is 0 Å². The molecule has 4 nitrogen and oxygen atoms in total. The van der Waals surface area contributed by atoms with Crippen molar-refractivity contribution < 1.29 is 9.90 Å². The lowest BCUT2D eigenvalue weighted by molar-refractivity contribution is -0.109. The summed E-state index contributed by atoms with van der Waals surface area (Å²) < 4.78 is 0. The second kappa shape index (κ2) is 5.34. The van der Waals surface area contributed by atoms with Crippen LogP contribution in [0.3, 0.4) is 0 Å². The molecule has 10 heavy (non-hydrogen) atoms. The Balaban J connectivity index is 3.25. The molecule has 4 heteroatoms. The number of hydrogen-bond donors (Lipinski definition) is 3. The summed E-state index contributed by atoms with van der Waals surface area (Å²) in [6.07, 6.45) is 1.15. The average Bonchev–Trinajstić information content (AvgIpc) is 1.99. The standard InChI is InChI=1S/C6H14N2O2/c7-3-6(10)2-1-5(8)4-9/h4-6,10H,1-3,7-8H2/t5-,6+/m1/s1. The molecular weight excluding hydrogens is 132 g/mol. The molecule has 0 heterocycles. The highest BCUT2D eigenvalue weighted by atomic mass is 16.3. The maximum Gasteiger partial charge on any atom is 0.136 e. The highest BCUT2D eigenvalue weighted by Gasteiger charge is 2.04. The normalized spacial score (nSPS) is 16.3. The molecule has 0 aromatic rings. The molecule has 0 saturated heterocycles. The van der Waals surface area contributed by atoms with Crippen molar-refractivity contribution in [2.24, 2.45) is 11.5 Å². The predicted molar refractivity (Wildman–Crippen MR) is 38.3 cm³/mol. The van der Waals surface area contributed by atoms with Crippen LogP contribution in [0.15, 0.2) is 0 Å². The van der Waals surface area contributed by atoms with Crippen LogP contribution in [-0.2, 0) is 4.79 Å². The molecule has 0 bridgehead atoms. The molecule has 0 spiro atoms. The molecule has 0 saturated carbocycles. The lowest BCUT2D eigenvalue weighted by Crippen LogP contribution is -2.26. The van der Waals surface area contributed by atoms with Crippen molar-refractivity contribution in [2.75, 3.05) is 6.54 Å². The zero-order valence-electron chi connectivity index (χ0n) is 5.86. The Morgan fingerprint density at radius 3 is 2.50 bits per heavy atom. The van der Waals surface area contributed by atoms with E-state index >= 15 is 0 Å². The molecule has 0 rings (SSSR count). The van der Waals surface area contributed by atoms with E-state index in [2.05, 4.69) is 0 Å². The molecule has 0 aromatic carbocycles. The van der Waals surface area contributed by atoms with Crippen LogP contribution >= 0.6 is 0 Å². The first-order valence-corrected chi connectivity index (χ1v) is 3.29. The van der Waals surface area contributed by atoms with Gasteiger partial charge in [-0.3, -0.25) is 0 Å². The van der Waals surface area contributed by atoms with Crippen LogP contribution in [0.5, 0.6) is 0 Å². The maximum absolute atomic E-state index is 9.97. The van der Waals surface area contributed by atoms with Gasteiger partial charge in [-0.05, 0) is 12.8 Å². The first kappa shape index (κ1) is 9.55. The number of nitrogens with two attached hydrogens (primary N) is 2. The van der Waals surface area contributed by atoms with Gasteiger partial charge in [0, 0.05) is 6.54 Å². The second-order valence-electron chi connectivity index (χ2n) is 2.27. The number of aliphatic hydroxyl groups excluding tert-OH is 1. The van der Waals surface area contributed by atoms with E-state index in [1.54, 1.807) is 0 Å². The summed E-state index contributed by atoms with van der Waals surface area (Å²) in [6.45, 7) is 0.228. The zero-order chi connectivity index (χ0) is 7.98. The largest absolute Gasteiger partial charge is 0.392 e. The van der Waals surface area contributed by atoms with Gasteiger partial charge in [0.15, 0.2) is 0 Å². The predicted octanol–water partition coefficient (Wildman–Crippen LogP) is -1.39. The fraction of sp³-hybridized carbons (Fsp3) is 0.833. The lowest BCUT2D eigenvalue weighted by atomic mass is 10.1. The van der Waals surface area contributed by atoms with Crippen LogP contribution in [-0.4, -0.2) is 30.1 Å². The molecule has 0 aromatic heterocycles. The quantitative estimate of drug-likeness (QED) is 0.417. The smallest absolute Gasteiger partial charge is 0.136 e. The van der Waals surface area contributed by atoms with Crippen LogP contribution in [0.2, 0.25) is 0 Å². The monoisotopic (exact) mass is 146 g/mol. The Hall–Kier alpha value is -0.450. The van der Waals surface area contributed by atoms with Gasteiger partial charge in [-0.2, -0.15) is 0 Å². The minimum Gasteiger partial charge on any atom is -0.392 e. The maximum atomic E-state index is 9.97. The van der Waals surface area contributed by atoms with E-state index in [9.17, 15) is 4.79 Å². The number of carbonyl (C=O) groups excluding carboxylic acids is 1. The fourth-order valence-electron chi connectivity index (χ4n) is 0.571. The van der Waals surface area contributed by atoms with Crippen molar-refractivity contribution in [2.45, 2.75) is 25.0 Å². The summed E-state index contributed by atoms with van der Waals surface area (Å²) >= 11 is 0. The molecule has 0 aliphatic carbocycles. The zero-order valence-corrected chi connectivity index (χ0v) is 5.86. The number of aldehydes is 1. The van der Waals surface area contributed by atoms with Gasteiger partial charge in [-0.25, -0.2) is 0 Å². The van der Waals surface area contributed by atoms with E-state index in [4.69, 9.17) is 16.6 Å². The second-order valence-corrected chi connectivity index (χ2v) is 2.27. The van der Waals surface area contributed by atoms with Gasteiger partial charge in [0.2, 0.25) is 0 Å². The van der Waals surface area contributed by atoms with Crippen molar-refractivity contribution >= 4 is 6.29 Å². The summed E-state index contributed by atoms with van der Waals surface area (Å²) in [4.78, 5) is 9.97. The van der Waals surface area contributed by atoms with Crippen LogP contribution in [0.1, 0.15) is 12.8 Å². The topological polar surface area (TPSA) is 89.3 Å². The summed E-state index contributed by atoms with van der Waals surface area (Å²) in [5, 5.41) is 8.91. The third kappa shape index (κ3) is 4.43. The first-order valence-electron chi connectivity index (χ1n) is 3.29. The fourth-order valence-corrected chi connectivity index (χ4v) is 0.571. The minimum absolute atomic E-state index is 0.228. The highest BCUT2D eigenvalue weighted by Crippen LogP contribution is 1.96. The van der Waals surface area contributed by atoms with Crippen LogP contribution in [0.25, 0.3) is 0 Å². The van der Waals surface area contributed by atoms with Gasteiger partial charge in [-0.15, -0.1) is 0 Å². The lowest BCUT2D eigenvalue weighted by Gasteiger charge is -2.07. The first-order chi connectivity index (χ1) is 4.70. The van der Waals surface area contributed by atoms with Crippen molar-refractivity contribution in [3.05, 3.63) is 0 Å². The molecule has 0 radical (unpaired) electrons. The van der Waals surface area contributed by atoms with Crippen LogP contribution in [0, 0.1) is 0 Å². The van der Waals surface area contributed by atoms with E-state index in [-0.39, 0.29) is 6.54 Å². The molecular formula is C6H14N2O2. The highest BCUT2D eigenvalue weighted by molar-refractivity contribution is 5.56. The van der Waals surface area contributed by atoms with E-state index in [1.165, 1.54) is 0 Å². The van der Waals surface area contributed by atoms with Crippen molar-refractivity contribution in [3.63, 3.8) is 0 Å². The van der Waals surface area contributed by atoms with Crippen LogP contribution in [0.4, 0.5) is 0 Å². The van der Waals surface area contributed by atoms with E-state index in [1.807, 2.05) is 0 Å². The Morgan fingerprint density at radius 2 is 2.10 bits per heavy atom. The van der Waals surface area contributed by atoms with Crippen molar-refractivity contribution in [1.82, 2.24) is 0 Å². The molecule has 0 unspecified atom stereocenters. The van der Waals surface area contributed by atoms with Gasteiger partial charge in [0.25, 0.3) is 0 Å². The molecule has 0 aliphatic rings. The summed E-state index contributed by atoms with van der Waals surface area (Å²) in [5.41, 5.74) is 10.4.